The molecule has 0 aliphatic carbocycles. The summed E-state index contributed by atoms with van der Waals surface area (Å²) in [6, 6.07) is 6.43. The Morgan fingerprint density at radius 2 is 1.96 bits per heavy atom. The van der Waals surface area contributed by atoms with Crippen molar-refractivity contribution in [2.24, 2.45) is 0 Å². The van der Waals surface area contributed by atoms with Gasteiger partial charge in [-0.05, 0) is 51.3 Å². The van der Waals surface area contributed by atoms with Crippen molar-refractivity contribution in [1.82, 2.24) is 15.3 Å². The van der Waals surface area contributed by atoms with Crippen LogP contribution in [-0.4, -0.2) is 61.7 Å². The molecule has 1 atom stereocenters. The van der Waals surface area contributed by atoms with Gasteiger partial charge in [0.05, 0.1) is 29.3 Å². The van der Waals surface area contributed by atoms with Crippen LogP contribution in [0.25, 0.3) is 10.9 Å². The zero-order valence-electron chi connectivity index (χ0n) is 16.5. The van der Waals surface area contributed by atoms with Crippen LogP contribution in [-0.2, 0) is 9.84 Å². The lowest BCUT2D eigenvalue weighted by atomic mass is 10.0. The number of nitrogens with one attached hydrogen (secondary N) is 1. The van der Waals surface area contributed by atoms with E-state index in [1.807, 2.05) is 32.0 Å². The third-order valence-corrected chi connectivity index (χ3v) is 7.41. The van der Waals surface area contributed by atoms with Crippen molar-refractivity contribution in [3.63, 3.8) is 0 Å². The summed E-state index contributed by atoms with van der Waals surface area (Å²) in [6.45, 7) is 6.37. The lowest BCUT2D eigenvalue weighted by Crippen LogP contribution is -2.47. The number of sulfone groups is 1. The van der Waals surface area contributed by atoms with E-state index in [-0.39, 0.29) is 11.8 Å². The number of anilines is 1. The van der Waals surface area contributed by atoms with E-state index in [0.717, 1.165) is 60.6 Å². The van der Waals surface area contributed by atoms with Crippen molar-refractivity contribution >= 4 is 26.7 Å². The predicted octanol–water partition coefficient (Wildman–Crippen LogP) is 2.08. The lowest BCUT2D eigenvalue weighted by Gasteiger charge is -2.34. The van der Waals surface area contributed by atoms with Crippen molar-refractivity contribution in [2.45, 2.75) is 45.2 Å². The smallest absolute Gasteiger partial charge is 0.226 e. The predicted molar refractivity (Wildman–Crippen MR) is 111 cm³/mol. The summed E-state index contributed by atoms with van der Waals surface area (Å²) in [4.78, 5) is 11.7. The van der Waals surface area contributed by atoms with E-state index in [0.29, 0.717) is 18.4 Å². The maximum Gasteiger partial charge on any atom is 0.226 e. The maximum absolute atomic E-state index is 11.6. The Labute approximate surface area is 166 Å². The van der Waals surface area contributed by atoms with E-state index < -0.39 is 9.84 Å². The molecule has 2 aliphatic rings. The largest absolute Gasteiger partial charge is 0.494 e. The molecule has 0 unspecified atom stereocenters. The summed E-state index contributed by atoms with van der Waals surface area (Å²) >= 11 is 0. The van der Waals surface area contributed by atoms with E-state index in [1.54, 1.807) is 0 Å². The number of aryl methyl sites for hydroxylation is 1. The molecule has 7 nitrogen and oxygen atoms in total. The average molecular weight is 405 g/mol. The highest BCUT2D eigenvalue weighted by Gasteiger charge is 2.30. The van der Waals surface area contributed by atoms with Crippen LogP contribution >= 0.6 is 0 Å². The first kappa shape index (κ1) is 19.4. The quantitative estimate of drug-likeness (QED) is 0.817. The molecule has 0 amide bonds. The molecular formula is C20H28N4O3S. The minimum atomic E-state index is -2.83. The zero-order chi connectivity index (χ0) is 19.7. The second-order valence-corrected chi connectivity index (χ2v) is 9.98. The van der Waals surface area contributed by atoms with Crippen molar-refractivity contribution in [1.29, 1.82) is 0 Å². The second-order valence-electron chi connectivity index (χ2n) is 7.75. The molecule has 28 heavy (non-hydrogen) atoms. The molecular weight excluding hydrogens is 376 g/mol. The molecule has 2 saturated heterocycles. The number of hydrogen-bond acceptors (Lipinski definition) is 7. The molecule has 0 radical (unpaired) electrons. The van der Waals surface area contributed by atoms with Crippen molar-refractivity contribution in [3.8, 4) is 5.75 Å². The normalized spacial score (nSPS) is 22.6. The van der Waals surface area contributed by atoms with Gasteiger partial charge in [-0.2, -0.15) is 0 Å². The molecule has 1 N–H and O–H groups in total. The molecule has 1 aromatic carbocycles. The van der Waals surface area contributed by atoms with Gasteiger partial charge in [-0.25, -0.2) is 18.4 Å². The molecule has 152 valence electrons. The van der Waals surface area contributed by atoms with Gasteiger partial charge in [0, 0.05) is 30.6 Å². The molecule has 1 aromatic heterocycles. The number of ether oxygens (including phenoxy) is 1. The topological polar surface area (TPSA) is 84.4 Å². The number of nitrogens with zero attached hydrogens (tertiary/aromatic N) is 3. The minimum absolute atomic E-state index is 0.111. The Kier molecular flexibility index (Phi) is 5.42. The van der Waals surface area contributed by atoms with E-state index in [4.69, 9.17) is 14.7 Å². The Hall–Kier alpha value is -1.93. The summed E-state index contributed by atoms with van der Waals surface area (Å²) in [5, 5.41) is 4.57. The fourth-order valence-electron chi connectivity index (χ4n) is 4.15. The molecule has 0 bridgehead atoms. The van der Waals surface area contributed by atoms with E-state index in [1.165, 1.54) is 0 Å². The van der Waals surface area contributed by atoms with Gasteiger partial charge in [-0.1, -0.05) is 0 Å². The van der Waals surface area contributed by atoms with Gasteiger partial charge in [0.2, 0.25) is 5.95 Å². The van der Waals surface area contributed by atoms with Crippen LogP contribution in [0, 0.1) is 6.92 Å². The summed E-state index contributed by atoms with van der Waals surface area (Å²) in [7, 11) is -2.83. The van der Waals surface area contributed by atoms with Crippen LogP contribution < -0.4 is 15.0 Å². The third-order valence-electron chi connectivity index (χ3n) is 5.64. The highest BCUT2D eigenvalue weighted by Crippen LogP contribution is 2.25. The van der Waals surface area contributed by atoms with E-state index in [2.05, 4.69) is 10.2 Å². The third kappa shape index (κ3) is 4.22. The second kappa shape index (κ2) is 7.83. The Bertz CT molecular complexity index is 955. The number of rotatable bonds is 5. The maximum atomic E-state index is 11.6. The SMILES string of the molecule is CCOc1ccc2nc(N3CCC(N[C@H]4CCS(=O)(=O)C4)CC3)nc(C)c2c1. The molecule has 0 spiro atoms. The van der Waals surface area contributed by atoms with Crippen LogP contribution in [0.3, 0.4) is 0 Å². The van der Waals surface area contributed by atoms with Crippen LogP contribution in [0.5, 0.6) is 5.75 Å². The number of aromatic nitrogens is 2. The van der Waals surface area contributed by atoms with Gasteiger partial charge in [0.15, 0.2) is 9.84 Å². The average Bonchev–Trinajstić information content (AvgIpc) is 3.01. The lowest BCUT2D eigenvalue weighted by molar-refractivity contribution is 0.340. The number of hydrogen-bond donors (Lipinski definition) is 1. The summed E-state index contributed by atoms with van der Waals surface area (Å²) in [5.41, 5.74) is 1.89. The van der Waals surface area contributed by atoms with Gasteiger partial charge in [-0.15, -0.1) is 0 Å². The first-order chi connectivity index (χ1) is 13.4. The van der Waals surface area contributed by atoms with Crippen LogP contribution in [0.1, 0.15) is 31.9 Å². The molecule has 2 aromatic rings. The molecule has 4 rings (SSSR count). The number of piperidine rings is 1. The molecule has 0 saturated carbocycles. The first-order valence-corrected chi connectivity index (χ1v) is 11.9. The highest BCUT2D eigenvalue weighted by molar-refractivity contribution is 7.91. The monoisotopic (exact) mass is 404 g/mol. The van der Waals surface area contributed by atoms with Crippen molar-refractivity contribution < 1.29 is 13.2 Å². The standard InChI is InChI=1S/C20H28N4O3S/c1-3-27-17-4-5-19-18(12-17)14(2)21-20(23-19)24-9-6-15(7-10-24)22-16-8-11-28(25,26)13-16/h4-5,12,15-16,22H,3,6-11,13H2,1-2H3/t16-/m0/s1. The first-order valence-electron chi connectivity index (χ1n) is 10.1. The summed E-state index contributed by atoms with van der Waals surface area (Å²) in [5.74, 6) is 2.22. The van der Waals surface area contributed by atoms with E-state index >= 15 is 0 Å². The highest BCUT2D eigenvalue weighted by atomic mass is 32.2. The summed E-state index contributed by atoms with van der Waals surface area (Å²) in [6.07, 6.45) is 2.68. The Morgan fingerprint density at radius 3 is 2.64 bits per heavy atom. The Balaban J connectivity index is 1.41. The molecule has 2 fully saturated rings. The van der Waals surface area contributed by atoms with E-state index in [9.17, 15) is 8.42 Å². The van der Waals surface area contributed by atoms with Crippen LogP contribution in [0.4, 0.5) is 5.95 Å². The van der Waals surface area contributed by atoms with Gasteiger partial charge < -0.3 is 15.0 Å². The zero-order valence-corrected chi connectivity index (χ0v) is 17.3. The van der Waals surface area contributed by atoms with Gasteiger partial charge >= 0.3 is 0 Å². The van der Waals surface area contributed by atoms with Crippen LogP contribution in [0.15, 0.2) is 18.2 Å². The van der Waals surface area contributed by atoms with Crippen LogP contribution in [0.2, 0.25) is 0 Å². The molecule has 2 aliphatic heterocycles. The van der Waals surface area contributed by atoms with Gasteiger partial charge in [0.25, 0.3) is 0 Å². The molecule has 8 heteroatoms. The Morgan fingerprint density at radius 1 is 1.18 bits per heavy atom. The number of benzene rings is 1. The minimum Gasteiger partial charge on any atom is -0.494 e. The van der Waals surface area contributed by atoms with Crippen molar-refractivity contribution in [2.75, 3.05) is 36.1 Å². The van der Waals surface area contributed by atoms with Crippen molar-refractivity contribution in [3.05, 3.63) is 23.9 Å². The molecule has 3 heterocycles. The number of fused-ring (bicyclic) bond motifs is 1. The van der Waals surface area contributed by atoms with Gasteiger partial charge in [0.1, 0.15) is 5.75 Å². The van der Waals surface area contributed by atoms with Gasteiger partial charge in [-0.3, -0.25) is 0 Å². The fraction of sp³-hybridized carbons (Fsp3) is 0.600. The fourth-order valence-corrected chi connectivity index (χ4v) is 5.84. The summed E-state index contributed by atoms with van der Waals surface area (Å²) < 4.78 is 28.9.